The molecule has 1 aliphatic rings. The van der Waals surface area contributed by atoms with E-state index in [-0.39, 0.29) is 17.7 Å². The van der Waals surface area contributed by atoms with Gasteiger partial charge in [-0.2, -0.15) is 0 Å². The smallest absolute Gasteiger partial charge is 0.225 e. The molecule has 0 unspecified atom stereocenters. The summed E-state index contributed by atoms with van der Waals surface area (Å²) >= 11 is 0. The van der Waals surface area contributed by atoms with Crippen molar-refractivity contribution >= 4 is 11.8 Å². The Bertz CT molecular complexity index is 540. The molecule has 1 aliphatic heterocycles. The summed E-state index contributed by atoms with van der Waals surface area (Å²) in [4.78, 5) is 25.9. The van der Waals surface area contributed by atoms with Gasteiger partial charge in [0, 0.05) is 26.1 Å². The Labute approximate surface area is 132 Å². The van der Waals surface area contributed by atoms with Crippen molar-refractivity contribution in [3.8, 4) is 0 Å². The second-order valence-corrected chi connectivity index (χ2v) is 6.56. The highest BCUT2D eigenvalue weighted by atomic mass is 16.2. The monoisotopic (exact) mass is 302 g/mol. The summed E-state index contributed by atoms with van der Waals surface area (Å²) in [6.45, 7) is 8.18. The van der Waals surface area contributed by atoms with Gasteiger partial charge in [0.25, 0.3) is 0 Å². The lowest BCUT2D eigenvalue weighted by atomic mass is 10.1. The molecule has 1 saturated heterocycles. The van der Waals surface area contributed by atoms with Crippen molar-refractivity contribution < 1.29 is 9.59 Å². The van der Waals surface area contributed by atoms with Gasteiger partial charge in [0.1, 0.15) is 0 Å². The normalized spacial score (nSPS) is 18.1. The first-order chi connectivity index (χ1) is 10.5. The average Bonchev–Trinajstić information content (AvgIpc) is 2.81. The van der Waals surface area contributed by atoms with E-state index in [9.17, 15) is 9.59 Å². The van der Waals surface area contributed by atoms with E-state index in [1.54, 1.807) is 0 Å². The van der Waals surface area contributed by atoms with Crippen LogP contribution in [0.4, 0.5) is 0 Å². The van der Waals surface area contributed by atoms with Crippen LogP contribution in [-0.4, -0.2) is 36.3 Å². The molecule has 0 spiro atoms. The quantitative estimate of drug-likeness (QED) is 0.875. The molecule has 0 radical (unpaired) electrons. The fourth-order valence-electron chi connectivity index (χ4n) is 2.92. The number of rotatable bonds is 6. The van der Waals surface area contributed by atoms with Gasteiger partial charge in [-0.1, -0.05) is 38.1 Å². The van der Waals surface area contributed by atoms with E-state index in [1.807, 2.05) is 17.0 Å². The Kier molecular flexibility index (Phi) is 5.58. The van der Waals surface area contributed by atoms with Crippen molar-refractivity contribution in [3.63, 3.8) is 0 Å². The first kappa shape index (κ1) is 16.5. The van der Waals surface area contributed by atoms with Crippen molar-refractivity contribution in [2.45, 2.75) is 33.6 Å². The summed E-state index contributed by atoms with van der Waals surface area (Å²) in [5, 5.41) is 2.98. The first-order valence-corrected chi connectivity index (χ1v) is 8.07. The molecule has 22 heavy (non-hydrogen) atoms. The molecule has 4 nitrogen and oxygen atoms in total. The van der Waals surface area contributed by atoms with Gasteiger partial charge in [-0.05, 0) is 30.4 Å². The number of amides is 2. The number of nitrogens with one attached hydrogen (secondary N) is 1. The lowest BCUT2D eigenvalue weighted by Gasteiger charge is -2.18. The van der Waals surface area contributed by atoms with Crippen LogP contribution in [0.15, 0.2) is 24.3 Å². The number of hydrogen-bond donors (Lipinski definition) is 1. The van der Waals surface area contributed by atoms with Gasteiger partial charge in [-0.25, -0.2) is 0 Å². The van der Waals surface area contributed by atoms with Gasteiger partial charge in [0.2, 0.25) is 11.8 Å². The van der Waals surface area contributed by atoms with E-state index in [4.69, 9.17) is 0 Å². The van der Waals surface area contributed by atoms with E-state index < -0.39 is 0 Å². The molecule has 1 heterocycles. The molecule has 0 aromatic heterocycles. The van der Waals surface area contributed by atoms with Crippen molar-refractivity contribution in [2.24, 2.45) is 11.8 Å². The summed E-state index contributed by atoms with van der Waals surface area (Å²) in [5.41, 5.74) is 2.50. The molecule has 4 heteroatoms. The molecule has 0 bridgehead atoms. The predicted molar refractivity (Wildman–Crippen MR) is 87.4 cm³/mol. The Hall–Kier alpha value is -1.84. The van der Waals surface area contributed by atoms with Gasteiger partial charge < -0.3 is 10.2 Å². The summed E-state index contributed by atoms with van der Waals surface area (Å²) in [7, 11) is 0. The maximum absolute atomic E-state index is 12.2. The molecule has 1 atom stereocenters. The zero-order valence-corrected chi connectivity index (χ0v) is 13.8. The lowest BCUT2D eigenvalue weighted by molar-refractivity contribution is -0.129. The summed E-state index contributed by atoms with van der Waals surface area (Å²) in [5.74, 6) is 0.357. The van der Waals surface area contributed by atoms with Crippen molar-refractivity contribution in [3.05, 3.63) is 35.4 Å². The zero-order chi connectivity index (χ0) is 16.1. The highest BCUT2D eigenvalue weighted by molar-refractivity contribution is 5.89. The van der Waals surface area contributed by atoms with Crippen LogP contribution in [-0.2, 0) is 16.0 Å². The molecule has 0 saturated carbocycles. The third kappa shape index (κ3) is 4.33. The minimum absolute atomic E-state index is 0.00758. The van der Waals surface area contributed by atoms with E-state index in [0.717, 1.165) is 13.0 Å². The minimum atomic E-state index is -0.192. The molecular formula is C18H26N2O2. The topological polar surface area (TPSA) is 49.4 Å². The highest BCUT2D eigenvalue weighted by Crippen LogP contribution is 2.19. The number of carbonyl (C=O) groups is 2. The molecule has 2 rings (SSSR count). The second-order valence-electron chi connectivity index (χ2n) is 6.56. The number of nitrogens with zero attached hydrogens (tertiary/aromatic N) is 1. The molecule has 1 aromatic rings. The van der Waals surface area contributed by atoms with Crippen LogP contribution in [0.3, 0.4) is 0 Å². The summed E-state index contributed by atoms with van der Waals surface area (Å²) < 4.78 is 0. The minimum Gasteiger partial charge on any atom is -0.355 e. The number of benzene rings is 1. The molecule has 1 N–H and O–H groups in total. The van der Waals surface area contributed by atoms with Crippen LogP contribution in [0.2, 0.25) is 0 Å². The Morgan fingerprint density at radius 1 is 1.36 bits per heavy atom. The fraction of sp³-hybridized carbons (Fsp3) is 0.556. The maximum Gasteiger partial charge on any atom is 0.225 e. The third-order valence-electron chi connectivity index (χ3n) is 4.13. The van der Waals surface area contributed by atoms with E-state index in [2.05, 4.69) is 38.2 Å². The Morgan fingerprint density at radius 3 is 2.77 bits per heavy atom. The number of carbonyl (C=O) groups excluding carboxylic acids is 2. The van der Waals surface area contributed by atoms with Gasteiger partial charge >= 0.3 is 0 Å². The van der Waals surface area contributed by atoms with Gasteiger partial charge in [-0.3, -0.25) is 9.59 Å². The molecule has 2 amide bonds. The van der Waals surface area contributed by atoms with Gasteiger partial charge in [-0.15, -0.1) is 0 Å². The van der Waals surface area contributed by atoms with Crippen LogP contribution in [0.5, 0.6) is 0 Å². The third-order valence-corrected chi connectivity index (χ3v) is 4.13. The van der Waals surface area contributed by atoms with Gasteiger partial charge in [0.15, 0.2) is 0 Å². The standard InChI is InChI=1S/C18H26N2O2/c1-13(2)11-20-12-16(10-17(20)21)18(22)19-9-8-15-7-5-4-6-14(15)3/h4-7,13,16H,8-12H2,1-3H3,(H,19,22)/t16-/m0/s1. The number of hydrogen-bond acceptors (Lipinski definition) is 2. The Morgan fingerprint density at radius 2 is 2.09 bits per heavy atom. The summed E-state index contributed by atoms with van der Waals surface area (Å²) in [6, 6.07) is 8.20. The largest absolute Gasteiger partial charge is 0.355 e. The van der Waals surface area contributed by atoms with E-state index >= 15 is 0 Å². The Balaban J connectivity index is 1.79. The van der Waals surface area contributed by atoms with Crippen molar-refractivity contribution in [2.75, 3.05) is 19.6 Å². The second kappa shape index (κ2) is 7.43. The average molecular weight is 302 g/mol. The number of aryl methyl sites for hydroxylation is 1. The van der Waals surface area contributed by atoms with E-state index in [0.29, 0.717) is 25.4 Å². The van der Waals surface area contributed by atoms with Crippen molar-refractivity contribution in [1.82, 2.24) is 10.2 Å². The fourth-order valence-corrected chi connectivity index (χ4v) is 2.92. The van der Waals surface area contributed by atoms with Crippen LogP contribution < -0.4 is 5.32 Å². The van der Waals surface area contributed by atoms with Crippen LogP contribution in [0.1, 0.15) is 31.4 Å². The SMILES string of the molecule is Cc1ccccc1CCNC(=O)[C@H]1CC(=O)N(CC(C)C)C1. The molecule has 120 valence electrons. The lowest BCUT2D eigenvalue weighted by Crippen LogP contribution is -2.35. The zero-order valence-electron chi connectivity index (χ0n) is 13.8. The molecule has 0 aliphatic carbocycles. The number of likely N-dealkylation sites (tertiary alicyclic amines) is 1. The van der Waals surface area contributed by atoms with Crippen molar-refractivity contribution in [1.29, 1.82) is 0 Å². The highest BCUT2D eigenvalue weighted by Gasteiger charge is 2.34. The molecule has 1 fully saturated rings. The van der Waals surface area contributed by atoms with Crippen LogP contribution in [0.25, 0.3) is 0 Å². The predicted octanol–water partition coefficient (Wildman–Crippen LogP) is 2.16. The van der Waals surface area contributed by atoms with Crippen LogP contribution in [0, 0.1) is 18.8 Å². The van der Waals surface area contributed by atoms with E-state index in [1.165, 1.54) is 11.1 Å². The molecule has 1 aromatic carbocycles. The summed E-state index contributed by atoms with van der Waals surface area (Å²) in [6.07, 6.45) is 1.18. The first-order valence-electron chi connectivity index (χ1n) is 8.07. The van der Waals surface area contributed by atoms with Gasteiger partial charge in [0.05, 0.1) is 5.92 Å². The molecular weight excluding hydrogens is 276 g/mol. The maximum atomic E-state index is 12.2. The van der Waals surface area contributed by atoms with Crippen LogP contribution >= 0.6 is 0 Å².